The zero-order chi connectivity index (χ0) is 15.9. The van der Waals surface area contributed by atoms with Crippen LogP contribution in [0.5, 0.6) is 5.75 Å². The number of hydrogen-bond donors (Lipinski definition) is 1. The third-order valence-electron chi connectivity index (χ3n) is 3.08. The van der Waals surface area contributed by atoms with Crippen molar-refractivity contribution in [1.82, 2.24) is 4.90 Å². The topological polar surface area (TPSA) is 86.7 Å². The van der Waals surface area contributed by atoms with E-state index >= 15 is 0 Å². The van der Waals surface area contributed by atoms with Gasteiger partial charge in [-0.05, 0) is 24.3 Å². The molecule has 0 radical (unpaired) electrons. The Hall–Kier alpha value is -2.78. The summed E-state index contributed by atoms with van der Waals surface area (Å²) >= 11 is 0. The largest absolute Gasteiger partial charge is 0.489 e. The van der Waals surface area contributed by atoms with Gasteiger partial charge in [-0.2, -0.15) is 5.26 Å². The number of hydrogen-bond acceptors (Lipinski definition) is 5. The number of aliphatic hydroxyl groups is 1. The van der Waals surface area contributed by atoms with Gasteiger partial charge in [0.1, 0.15) is 12.4 Å². The van der Waals surface area contributed by atoms with Crippen molar-refractivity contribution in [3.05, 3.63) is 53.5 Å². The molecule has 0 saturated heterocycles. The average molecular weight is 300 g/mol. The summed E-state index contributed by atoms with van der Waals surface area (Å²) in [5.74, 6) is 0.415. The van der Waals surface area contributed by atoms with Crippen molar-refractivity contribution in [2.24, 2.45) is 0 Å². The zero-order valence-electron chi connectivity index (χ0n) is 12.2. The Labute approximate surface area is 128 Å². The first-order valence-corrected chi connectivity index (χ1v) is 6.71. The molecule has 0 spiro atoms. The van der Waals surface area contributed by atoms with Crippen molar-refractivity contribution in [1.29, 1.82) is 5.26 Å². The summed E-state index contributed by atoms with van der Waals surface area (Å²) in [5.41, 5.74) is 1.11. The van der Waals surface area contributed by atoms with E-state index in [-0.39, 0.29) is 31.4 Å². The molecular weight excluding hydrogens is 284 g/mol. The van der Waals surface area contributed by atoms with Gasteiger partial charge < -0.3 is 19.2 Å². The number of aliphatic hydroxyl groups excluding tert-OH is 1. The first-order chi connectivity index (χ1) is 10.7. The van der Waals surface area contributed by atoms with Gasteiger partial charge in [-0.1, -0.05) is 6.07 Å². The number of rotatable bonds is 6. The maximum Gasteiger partial charge on any atom is 0.289 e. The quantitative estimate of drug-likeness (QED) is 0.879. The molecule has 2 aromatic rings. The van der Waals surface area contributed by atoms with Crippen LogP contribution in [0.2, 0.25) is 0 Å². The monoisotopic (exact) mass is 300 g/mol. The summed E-state index contributed by atoms with van der Waals surface area (Å²) in [7, 11) is 1.59. The highest BCUT2D eigenvalue weighted by atomic mass is 16.5. The molecule has 0 atom stereocenters. The fourth-order valence-corrected chi connectivity index (χ4v) is 1.88. The first-order valence-electron chi connectivity index (χ1n) is 6.71. The molecule has 0 aliphatic rings. The standard InChI is InChI=1S/C16H16N2O4/c1-18(6-7-19)16(20)15-13(5-8-21-15)11-22-14-4-2-3-12(9-14)10-17/h2-5,8-9,19H,6-7,11H2,1H3. The van der Waals surface area contributed by atoms with E-state index in [4.69, 9.17) is 19.5 Å². The van der Waals surface area contributed by atoms with Crippen LogP contribution < -0.4 is 4.74 Å². The summed E-state index contributed by atoms with van der Waals surface area (Å²) in [5, 5.41) is 17.7. The van der Waals surface area contributed by atoms with Gasteiger partial charge in [-0.3, -0.25) is 4.79 Å². The van der Waals surface area contributed by atoms with Crippen molar-refractivity contribution in [3.8, 4) is 11.8 Å². The van der Waals surface area contributed by atoms with Gasteiger partial charge in [0.15, 0.2) is 5.76 Å². The second kappa shape index (κ2) is 7.29. The van der Waals surface area contributed by atoms with Crippen LogP contribution >= 0.6 is 0 Å². The van der Waals surface area contributed by atoms with Gasteiger partial charge >= 0.3 is 0 Å². The van der Waals surface area contributed by atoms with Crippen LogP contribution in [0.1, 0.15) is 21.7 Å². The molecule has 1 aromatic carbocycles. The van der Waals surface area contributed by atoms with Gasteiger partial charge in [-0.25, -0.2) is 0 Å². The minimum absolute atomic E-state index is 0.115. The fraction of sp³-hybridized carbons (Fsp3) is 0.250. The second-order valence-corrected chi connectivity index (χ2v) is 4.65. The van der Waals surface area contributed by atoms with E-state index in [9.17, 15) is 4.79 Å². The molecule has 1 heterocycles. The van der Waals surface area contributed by atoms with E-state index in [2.05, 4.69) is 0 Å². The Balaban J connectivity index is 2.07. The molecular formula is C16H16N2O4. The van der Waals surface area contributed by atoms with Gasteiger partial charge in [0.2, 0.25) is 0 Å². The normalized spacial score (nSPS) is 10.0. The van der Waals surface area contributed by atoms with Crippen LogP contribution in [0.3, 0.4) is 0 Å². The highest BCUT2D eigenvalue weighted by molar-refractivity contribution is 5.92. The van der Waals surface area contributed by atoms with E-state index in [0.29, 0.717) is 16.9 Å². The lowest BCUT2D eigenvalue weighted by molar-refractivity contribution is 0.0732. The molecule has 114 valence electrons. The maximum atomic E-state index is 12.2. The Morgan fingerprint density at radius 1 is 1.45 bits per heavy atom. The summed E-state index contributed by atoms with van der Waals surface area (Å²) in [4.78, 5) is 13.5. The molecule has 0 bridgehead atoms. The molecule has 2 rings (SSSR count). The second-order valence-electron chi connectivity index (χ2n) is 4.65. The predicted molar refractivity (Wildman–Crippen MR) is 78.2 cm³/mol. The van der Waals surface area contributed by atoms with Crippen LogP contribution in [0.25, 0.3) is 0 Å². The number of ether oxygens (including phenoxy) is 1. The van der Waals surface area contributed by atoms with Crippen LogP contribution in [-0.4, -0.2) is 36.1 Å². The Bertz CT molecular complexity index is 687. The lowest BCUT2D eigenvalue weighted by Crippen LogP contribution is -2.29. The summed E-state index contributed by atoms with van der Waals surface area (Å²) < 4.78 is 10.8. The number of nitriles is 1. The lowest BCUT2D eigenvalue weighted by atomic mass is 10.2. The van der Waals surface area contributed by atoms with E-state index in [0.717, 1.165) is 0 Å². The van der Waals surface area contributed by atoms with Crippen LogP contribution in [0, 0.1) is 11.3 Å². The molecule has 0 aliphatic heterocycles. The van der Waals surface area contributed by atoms with Crippen molar-refractivity contribution >= 4 is 5.91 Å². The summed E-state index contributed by atoms with van der Waals surface area (Å²) in [6, 6.07) is 10.5. The first kappa shape index (κ1) is 15.6. The average Bonchev–Trinajstić information content (AvgIpc) is 3.01. The molecule has 0 fully saturated rings. The zero-order valence-corrected chi connectivity index (χ0v) is 12.2. The Morgan fingerprint density at radius 3 is 3.00 bits per heavy atom. The molecule has 1 amide bonds. The van der Waals surface area contributed by atoms with E-state index in [1.165, 1.54) is 11.2 Å². The highest BCUT2D eigenvalue weighted by Gasteiger charge is 2.19. The van der Waals surface area contributed by atoms with Gasteiger partial charge in [0.05, 0.1) is 24.5 Å². The van der Waals surface area contributed by atoms with Gasteiger partial charge in [0, 0.05) is 19.2 Å². The van der Waals surface area contributed by atoms with Crippen molar-refractivity contribution in [2.75, 3.05) is 20.2 Å². The molecule has 6 nitrogen and oxygen atoms in total. The van der Waals surface area contributed by atoms with Gasteiger partial charge in [-0.15, -0.1) is 0 Å². The number of carbonyl (C=O) groups is 1. The smallest absolute Gasteiger partial charge is 0.289 e. The molecule has 1 aromatic heterocycles. The third-order valence-corrected chi connectivity index (χ3v) is 3.08. The van der Waals surface area contributed by atoms with Crippen molar-refractivity contribution in [2.45, 2.75) is 6.61 Å². The van der Waals surface area contributed by atoms with Crippen molar-refractivity contribution in [3.63, 3.8) is 0 Å². The number of likely N-dealkylation sites (N-methyl/N-ethyl adjacent to an activating group) is 1. The highest BCUT2D eigenvalue weighted by Crippen LogP contribution is 2.18. The molecule has 0 aliphatic carbocycles. The summed E-state index contributed by atoms with van der Waals surface area (Å²) in [6.07, 6.45) is 1.42. The van der Waals surface area contributed by atoms with E-state index in [1.54, 1.807) is 37.4 Å². The Kier molecular flexibility index (Phi) is 5.17. The number of benzene rings is 1. The minimum Gasteiger partial charge on any atom is -0.489 e. The minimum atomic E-state index is -0.316. The van der Waals surface area contributed by atoms with Gasteiger partial charge in [0.25, 0.3) is 5.91 Å². The van der Waals surface area contributed by atoms with Crippen molar-refractivity contribution < 1.29 is 19.1 Å². The van der Waals surface area contributed by atoms with E-state index in [1.807, 2.05) is 6.07 Å². The fourth-order valence-electron chi connectivity index (χ4n) is 1.88. The molecule has 1 N–H and O–H groups in total. The predicted octanol–water partition coefficient (Wildman–Crippen LogP) is 1.79. The third kappa shape index (κ3) is 3.65. The van der Waals surface area contributed by atoms with Crippen LogP contribution in [0.15, 0.2) is 41.0 Å². The number of nitrogens with zero attached hydrogens (tertiary/aromatic N) is 2. The number of amides is 1. The summed E-state index contributed by atoms with van der Waals surface area (Å²) in [6.45, 7) is 0.263. The number of carbonyl (C=O) groups excluding carboxylic acids is 1. The van der Waals surface area contributed by atoms with Crippen LogP contribution in [0.4, 0.5) is 0 Å². The molecule has 6 heteroatoms. The maximum absolute atomic E-state index is 12.2. The Morgan fingerprint density at radius 2 is 2.27 bits per heavy atom. The van der Waals surface area contributed by atoms with Crippen LogP contribution in [-0.2, 0) is 6.61 Å². The molecule has 22 heavy (non-hydrogen) atoms. The SMILES string of the molecule is CN(CCO)C(=O)c1occc1COc1cccc(C#N)c1. The molecule has 0 saturated carbocycles. The lowest BCUT2D eigenvalue weighted by Gasteiger charge is -2.15. The van der Waals surface area contributed by atoms with E-state index < -0.39 is 0 Å². The molecule has 0 unspecified atom stereocenters. The number of furan rings is 1.